The first kappa shape index (κ1) is 19.0. The normalized spacial score (nSPS) is 16.3. The Kier molecular flexibility index (Phi) is 8.13. The van der Waals surface area contributed by atoms with Crippen LogP contribution < -0.4 is 5.32 Å². The molecule has 1 saturated heterocycles. The number of aliphatic carboxylic acids is 1. The van der Waals surface area contributed by atoms with Gasteiger partial charge >= 0.3 is 5.97 Å². The number of amides is 1. The highest BCUT2D eigenvalue weighted by molar-refractivity contribution is 5.97. The number of ether oxygens (including phenoxy) is 1. The molecule has 1 aliphatic heterocycles. The van der Waals surface area contributed by atoms with E-state index in [-0.39, 0.29) is 17.6 Å². The van der Waals surface area contributed by atoms with Gasteiger partial charge in [-0.15, -0.1) is 0 Å². The molecule has 0 aromatic rings. The second-order valence-corrected chi connectivity index (χ2v) is 5.80. The largest absolute Gasteiger partial charge is 0.481 e. The molecule has 0 aromatic carbocycles. The fourth-order valence-corrected chi connectivity index (χ4v) is 2.31. The van der Waals surface area contributed by atoms with E-state index >= 15 is 0 Å². The molecule has 7 nitrogen and oxygen atoms in total. The van der Waals surface area contributed by atoms with Crippen molar-refractivity contribution in [3.8, 4) is 6.07 Å². The van der Waals surface area contributed by atoms with E-state index in [1.54, 1.807) is 0 Å². The smallest absolute Gasteiger partial charge is 0.306 e. The molecule has 2 N–H and O–H groups in total. The van der Waals surface area contributed by atoms with Crippen LogP contribution in [0.2, 0.25) is 0 Å². The van der Waals surface area contributed by atoms with E-state index in [0.717, 1.165) is 6.42 Å². The average molecular weight is 323 g/mol. The maximum absolute atomic E-state index is 12.2. The first-order valence-electron chi connectivity index (χ1n) is 7.93. The number of piperidine rings is 1. The van der Waals surface area contributed by atoms with Gasteiger partial charge in [-0.2, -0.15) is 5.26 Å². The van der Waals surface area contributed by atoms with Crippen LogP contribution >= 0.6 is 0 Å². The number of nitrogens with one attached hydrogen (secondary N) is 1. The maximum atomic E-state index is 12.2. The number of nitriles is 1. The van der Waals surface area contributed by atoms with Crippen molar-refractivity contribution in [2.45, 2.75) is 39.2 Å². The molecule has 0 aromatic heterocycles. The van der Waals surface area contributed by atoms with Crippen molar-refractivity contribution in [3.63, 3.8) is 0 Å². The molecule has 1 heterocycles. The second-order valence-electron chi connectivity index (χ2n) is 5.80. The van der Waals surface area contributed by atoms with Crippen LogP contribution in [0.3, 0.4) is 0 Å². The minimum Gasteiger partial charge on any atom is -0.481 e. The summed E-state index contributed by atoms with van der Waals surface area (Å²) < 4.78 is 5.40. The highest BCUT2D eigenvalue weighted by Crippen LogP contribution is 2.18. The number of likely N-dealkylation sites (tertiary alicyclic amines) is 1. The number of carboxylic acid groups (broad SMARTS) is 1. The molecular weight excluding hydrogens is 298 g/mol. The number of nitrogens with zero attached hydrogens (tertiary/aromatic N) is 2. The lowest BCUT2D eigenvalue weighted by atomic mass is 9.97. The van der Waals surface area contributed by atoms with Crippen LogP contribution in [0.5, 0.6) is 0 Å². The summed E-state index contributed by atoms with van der Waals surface area (Å²) in [5, 5.41) is 21.0. The third-order valence-corrected chi connectivity index (χ3v) is 3.65. The van der Waals surface area contributed by atoms with Crippen molar-refractivity contribution in [1.29, 1.82) is 5.26 Å². The highest BCUT2D eigenvalue weighted by atomic mass is 16.5. The fraction of sp³-hybridized carbons (Fsp3) is 0.688. The first-order chi connectivity index (χ1) is 11.0. The molecule has 1 amide bonds. The Labute approximate surface area is 136 Å². The van der Waals surface area contributed by atoms with Crippen LogP contribution in [0.25, 0.3) is 0 Å². The molecular formula is C16H25N3O4. The van der Waals surface area contributed by atoms with Gasteiger partial charge < -0.3 is 20.1 Å². The van der Waals surface area contributed by atoms with E-state index in [9.17, 15) is 9.59 Å². The maximum Gasteiger partial charge on any atom is 0.306 e. The summed E-state index contributed by atoms with van der Waals surface area (Å²) in [4.78, 5) is 24.7. The molecule has 1 rings (SSSR count). The predicted molar refractivity (Wildman–Crippen MR) is 84.3 cm³/mol. The summed E-state index contributed by atoms with van der Waals surface area (Å²) in [5.41, 5.74) is 0.0450. The Balaban J connectivity index is 2.39. The van der Waals surface area contributed by atoms with Gasteiger partial charge in [-0.05, 0) is 33.1 Å². The Hall–Kier alpha value is -2.07. The van der Waals surface area contributed by atoms with Crippen LogP contribution in [0, 0.1) is 17.2 Å². The first-order valence-corrected chi connectivity index (χ1v) is 7.93. The summed E-state index contributed by atoms with van der Waals surface area (Å²) in [5.74, 6) is -1.56. The number of hydrogen-bond acceptors (Lipinski definition) is 5. The van der Waals surface area contributed by atoms with Gasteiger partial charge in [0.15, 0.2) is 0 Å². The SMILES string of the molecule is CC(C)OCCCN/C=C(/C#N)C(=O)N1CCC(C(=O)O)CC1. The van der Waals surface area contributed by atoms with Gasteiger partial charge in [-0.25, -0.2) is 0 Å². The standard InChI is InChI=1S/C16H25N3O4/c1-12(2)23-9-3-6-18-11-14(10-17)15(20)19-7-4-13(5-8-19)16(21)22/h11-13,18H,3-9H2,1-2H3,(H,21,22)/b14-11-. The van der Waals surface area contributed by atoms with Gasteiger partial charge in [-0.1, -0.05) is 0 Å². The van der Waals surface area contributed by atoms with Crippen LogP contribution in [0.4, 0.5) is 0 Å². The van der Waals surface area contributed by atoms with Gasteiger partial charge in [0.25, 0.3) is 5.91 Å². The molecule has 1 fully saturated rings. The van der Waals surface area contributed by atoms with Crippen LogP contribution in [0.1, 0.15) is 33.1 Å². The number of carbonyl (C=O) groups excluding carboxylic acids is 1. The monoisotopic (exact) mass is 323 g/mol. The fourth-order valence-electron chi connectivity index (χ4n) is 2.31. The summed E-state index contributed by atoms with van der Waals surface area (Å²) in [6.07, 6.45) is 3.27. The van der Waals surface area contributed by atoms with E-state index < -0.39 is 11.9 Å². The highest BCUT2D eigenvalue weighted by Gasteiger charge is 2.28. The lowest BCUT2D eigenvalue weighted by Crippen LogP contribution is -2.41. The van der Waals surface area contributed by atoms with E-state index in [2.05, 4.69) is 5.32 Å². The summed E-state index contributed by atoms with van der Waals surface area (Å²) >= 11 is 0. The van der Waals surface area contributed by atoms with Crippen molar-refractivity contribution in [3.05, 3.63) is 11.8 Å². The average Bonchev–Trinajstić information content (AvgIpc) is 2.53. The summed E-state index contributed by atoms with van der Waals surface area (Å²) in [6.45, 7) is 5.91. The molecule has 0 bridgehead atoms. The van der Waals surface area contributed by atoms with Crippen molar-refractivity contribution in [2.24, 2.45) is 5.92 Å². The van der Waals surface area contributed by atoms with Crippen LogP contribution in [0.15, 0.2) is 11.8 Å². The molecule has 1 aliphatic rings. The molecule has 128 valence electrons. The lowest BCUT2D eigenvalue weighted by molar-refractivity contribution is -0.145. The molecule has 7 heteroatoms. The minimum atomic E-state index is -0.821. The molecule has 23 heavy (non-hydrogen) atoms. The Morgan fingerprint density at radius 1 is 1.43 bits per heavy atom. The van der Waals surface area contributed by atoms with Crippen molar-refractivity contribution < 1.29 is 19.4 Å². The topological polar surface area (TPSA) is 103 Å². The van der Waals surface area contributed by atoms with Crippen LogP contribution in [-0.2, 0) is 14.3 Å². The van der Waals surface area contributed by atoms with Crippen LogP contribution in [-0.4, -0.2) is 54.2 Å². The zero-order valence-corrected chi connectivity index (χ0v) is 13.7. The lowest BCUT2D eigenvalue weighted by Gasteiger charge is -2.29. The Morgan fingerprint density at radius 2 is 2.09 bits per heavy atom. The number of carbonyl (C=O) groups is 2. The second kappa shape index (κ2) is 9.85. The summed E-state index contributed by atoms with van der Waals surface area (Å²) in [6, 6.07) is 1.90. The van der Waals surface area contributed by atoms with E-state index in [4.69, 9.17) is 15.1 Å². The van der Waals surface area contributed by atoms with Crippen molar-refractivity contribution >= 4 is 11.9 Å². The molecule has 0 atom stereocenters. The van der Waals surface area contributed by atoms with E-state index in [0.29, 0.717) is 39.1 Å². The van der Waals surface area contributed by atoms with Gasteiger partial charge in [0.1, 0.15) is 11.6 Å². The Bertz CT molecular complexity index is 474. The third kappa shape index (κ3) is 6.70. The van der Waals surface area contributed by atoms with Gasteiger partial charge in [0, 0.05) is 32.4 Å². The van der Waals surface area contributed by atoms with E-state index in [1.807, 2.05) is 19.9 Å². The predicted octanol–water partition coefficient (Wildman–Crippen LogP) is 1.12. The molecule has 0 unspecified atom stereocenters. The van der Waals surface area contributed by atoms with Crippen molar-refractivity contribution in [1.82, 2.24) is 10.2 Å². The zero-order valence-electron chi connectivity index (χ0n) is 13.7. The third-order valence-electron chi connectivity index (χ3n) is 3.65. The number of rotatable bonds is 8. The molecule has 0 spiro atoms. The minimum absolute atomic E-state index is 0.0450. The van der Waals surface area contributed by atoms with Crippen molar-refractivity contribution in [2.75, 3.05) is 26.2 Å². The summed E-state index contributed by atoms with van der Waals surface area (Å²) in [7, 11) is 0. The zero-order chi connectivity index (χ0) is 17.2. The van der Waals surface area contributed by atoms with Gasteiger partial charge in [-0.3, -0.25) is 9.59 Å². The van der Waals surface area contributed by atoms with Gasteiger partial charge in [0.2, 0.25) is 0 Å². The number of hydrogen-bond donors (Lipinski definition) is 2. The molecule has 0 radical (unpaired) electrons. The number of carboxylic acids is 1. The quantitative estimate of drug-likeness (QED) is 0.394. The molecule has 0 saturated carbocycles. The van der Waals surface area contributed by atoms with Gasteiger partial charge in [0.05, 0.1) is 12.0 Å². The Morgan fingerprint density at radius 3 is 2.61 bits per heavy atom. The van der Waals surface area contributed by atoms with E-state index in [1.165, 1.54) is 11.1 Å². The molecule has 0 aliphatic carbocycles.